The van der Waals surface area contributed by atoms with Gasteiger partial charge in [-0.05, 0) is 24.5 Å². The molecule has 0 spiro atoms. The molecule has 1 aromatic rings. The standard InChI is InChI=1S/C15H23NO2/c1-3-13(11-17-2)16-10-12-8-9-18-15-7-5-4-6-14(12)15/h4-7,12-13,16H,3,8-11H2,1-2H3. The van der Waals surface area contributed by atoms with Crippen LogP contribution in [0.25, 0.3) is 0 Å². The molecule has 2 unspecified atom stereocenters. The number of para-hydroxylation sites is 1. The third kappa shape index (κ3) is 3.24. The zero-order valence-electron chi connectivity index (χ0n) is 11.3. The van der Waals surface area contributed by atoms with E-state index in [4.69, 9.17) is 9.47 Å². The number of rotatable bonds is 6. The maximum atomic E-state index is 5.68. The van der Waals surface area contributed by atoms with Gasteiger partial charge in [-0.2, -0.15) is 0 Å². The van der Waals surface area contributed by atoms with Crippen LogP contribution >= 0.6 is 0 Å². The van der Waals surface area contributed by atoms with Crippen molar-refractivity contribution in [3.63, 3.8) is 0 Å². The van der Waals surface area contributed by atoms with Crippen molar-refractivity contribution in [2.45, 2.75) is 31.7 Å². The zero-order chi connectivity index (χ0) is 12.8. The van der Waals surface area contributed by atoms with Crippen LogP contribution in [0.2, 0.25) is 0 Å². The summed E-state index contributed by atoms with van der Waals surface area (Å²) in [5.41, 5.74) is 1.34. The van der Waals surface area contributed by atoms with Crippen LogP contribution in [0.4, 0.5) is 0 Å². The van der Waals surface area contributed by atoms with Crippen LogP contribution in [-0.4, -0.2) is 32.9 Å². The maximum Gasteiger partial charge on any atom is 0.122 e. The first-order valence-electron chi connectivity index (χ1n) is 6.79. The topological polar surface area (TPSA) is 30.5 Å². The van der Waals surface area contributed by atoms with Crippen LogP contribution in [0, 0.1) is 0 Å². The molecule has 1 aliphatic rings. The number of nitrogens with one attached hydrogen (secondary N) is 1. The van der Waals surface area contributed by atoms with E-state index in [-0.39, 0.29) is 0 Å². The highest BCUT2D eigenvalue weighted by Gasteiger charge is 2.21. The first kappa shape index (κ1) is 13.4. The largest absolute Gasteiger partial charge is 0.493 e. The lowest BCUT2D eigenvalue weighted by Gasteiger charge is -2.27. The van der Waals surface area contributed by atoms with Crippen molar-refractivity contribution in [2.75, 3.05) is 26.9 Å². The normalized spacial score (nSPS) is 20.0. The average molecular weight is 249 g/mol. The Morgan fingerprint density at radius 2 is 2.28 bits per heavy atom. The minimum atomic E-state index is 0.449. The Hall–Kier alpha value is -1.06. The molecular weight excluding hydrogens is 226 g/mol. The molecule has 1 N–H and O–H groups in total. The van der Waals surface area contributed by atoms with Gasteiger partial charge < -0.3 is 14.8 Å². The summed E-state index contributed by atoms with van der Waals surface area (Å²) < 4.78 is 10.9. The SMILES string of the molecule is CCC(COC)NCC1CCOc2ccccc21. The fourth-order valence-corrected chi connectivity index (χ4v) is 2.46. The van der Waals surface area contributed by atoms with E-state index in [0.29, 0.717) is 12.0 Å². The number of hydrogen-bond acceptors (Lipinski definition) is 3. The van der Waals surface area contributed by atoms with Crippen LogP contribution in [0.15, 0.2) is 24.3 Å². The summed E-state index contributed by atoms with van der Waals surface area (Å²) in [5.74, 6) is 1.61. The molecule has 0 radical (unpaired) electrons. The quantitative estimate of drug-likeness (QED) is 0.840. The molecule has 1 aromatic carbocycles. The Morgan fingerprint density at radius 1 is 1.44 bits per heavy atom. The lowest BCUT2D eigenvalue weighted by molar-refractivity contribution is 0.162. The van der Waals surface area contributed by atoms with Gasteiger partial charge >= 0.3 is 0 Å². The number of benzene rings is 1. The van der Waals surface area contributed by atoms with E-state index in [1.165, 1.54) is 5.56 Å². The van der Waals surface area contributed by atoms with Gasteiger partial charge in [-0.15, -0.1) is 0 Å². The first-order chi connectivity index (χ1) is 8.85. The van der Waals surface area contributed by atoms with Gasteiger partial charge in [0, 0.05) is 25.6 Å². The van der Waals surface area contributed by atoms with Crippen molar-refractivity contribution in [1.82, 2.24) is 5.32 Å². The maximum absolute atomic E-state index is 5.68. The summed E-state index contributed by atoms with van der Waals surface area (Å²) in [5, 5.41) is 3.60. The highest BCUT2D eigenvalue weighted by atomic mass is 16.5. The van der Waals surface area contributed by atoms with Crippen molar-refractivity contribution >= 4 is 0 Å². The predicted molar refractivity (Wildman–Crippen MR) is 73.3 cm³/mol. The van der Waals surface area contributed by atoms with Gasteiger partial charge in [-0.25, -0.2) is 0 Å². The third-order valence-electron chi connectivity index (χ3n) is 3.60. The van der Waals surface area contributed by atoms with Crippen LogP contribution in [0.5, 0.6) is 5.75 Å². The van der Waals surface area contributed by atoms with Gasteiger partial charge in [-0.3, -0.25) is 0 Å². The van der Waals surface area contributed by atoms with Crippen molar-refractivity contribution in [1.29, 1.82) is 0 Å². The second kappa shape index (κ2) is 6.76. The zero-order valence-corrected chi connectivity index (χ0v) is 11.3. The van der Waals surface area contributed by atoms with Crippen LogP contribution in [0.3, 0.4) is 0 Å². The molecule has 1 aliphatic heterocycles. The molecule has 100 valence electrons. The molecule has 0 aliphatic carbocycles. The number of hydrogen-bond donors (Lipinski definition) is 1. The van der Waals surface area contributed by atoms with Gasteiger partial charge in [0.2, 0.25) is 0 Å². The van der Waals surface area contributed by atoms with Crippen LogP contribution in [0.1, 0.15) is 31.2 Å². The molecule has 0 saturated carbocycles. The van der Waals surface area contributed by atoms with Gasteiger partial charge in [0.1, 0.15) is 5.75 Å². The fraction of sp³-hybridized carbons (Fsp3) is 0.600. The van der Waals surface area contributed by atoms with E-state index in [9.17, 15) is 0 Å². The fourth-order valence-electron chi connectivity index (χ4n) is 2.46. The summed E-state index contributed by atoms with van der Waals surface area (Å²) in [6.07, 6.45) is 2.19. The molecule has 0 bridgehead atoms. The highest BCUT2D eigenvalue weighted by Crippen LogP contribution is 2.32. The first-order valence-corrected chi connectivity index (χ1v) is 6.79. The molecular formula is C15H23NO2. The van der Waals surface area contributed by atoms with E-state index in [1.807, 2.05) is 6.07 Å². The van der Waals surface area contributed by atoms with E-state index < -0.39 is 0 Å². The van der Waals surface area contributed by atoms with Crippen LogP contribution < -0.4 is 10.1 Å². The Morgan fingerprint density at radius 3 is 3.06 bits per heavy atom. The molecule has 1 heterocycles. The summed E-state index contributed by atoms with van der Waals surface area (Å²) >= 11 is 0. The predicted octanol–water partition coefficient (Wildman–Crippen LogP) is 2.57. The molecule has 0 aromatic heterocycles. The molecule has 3 heteroatoms. The van der Waals surface area contributed by atoms with Gasteiger partial charge in [0.25, 0.3) is 0 Å². The van der Waals surface area contributed by atoms with Gasteiger partial charge in [0.05, 0.1) is 13.2 Å². The Labute approximate surface area is 109 Å². The summed E-state index contributed by atoms with van der Waals surface area (Å²) in [7, 11) is 1.76. The highest BCUT2D eigenvalue weighted by molar-refractivity contribution is 5.37. The monoisotopic (exact) mass is 249 g/mol. The molecule has 0 amide bonds. The minimum absolute atomic E-state index is 0.449. The average Bonchev–Trinajstić information content (AvgIpc) is 2.43. The Kier molecular flexibility index (Phi) is 5.02. The van der Waals surface area contributed by atoms with Crippen molar-refractivity contribution in [3.05, 3.63) is 29.8 Å². The molecule has 2 rings (SSSR count). The van der Waals surface area contributed by atoms with E-state index in [2.05, 4.69) is 30.4 Å². The van der Waals surface area contributed by atoms with Crippen molar-refractivity contribution in [3.8, 4) is 5.75 Å². The number of ether oxygens (including phenoxy) is 2. The summed E-state index contributed by atoms with van der Waals surface area (Å²) in [6, 6.07) is 8.82. The van der Waals surface area contributed by atoms with E-state index in [1.54, 1.807) is 7.11 Å². The number of methoxy groups -OCH3 is 1. The van der Waals surface area contributed by atoms with Crippen LogP contribution in [-0.2, 0) is 4.74 Å². The van der Waals surface area contributed by atoms with Gasteiger partial charge in [0.15, 0.2) is 0 Å². The summed E-state index contributed by atoms with van der Waals surface area (Å²) in [4.78, 5) is 0. The van der Waals surface area contributed by atoms with Gasteiger partial charge in [-0.1, -0.05) is 25.1 Å². The number of fused-ring (bicyclic) bond motifs is 1. The van der Waals surface area contributed by atoms with E-state index >= 15 is 0 Å². The van der Waals surface area contributed by atoms with Crippen molar-refractivity contribution < 1.29 is 9.47 Å². The molecule has 0 fully saturated rings. The lowest BCUT2D eigenvalue weighted by atomic mass is 9.93. The Bertz CT molecular complexity index is 367. The minimum Gasteiger partial charge on any atom is -0.493 e. The Balaban J connectivity index is 1.94. The molecule has 0 saturated heterocycles. The molecule has 18 heavy (non-hydrogen) atoms. The second-order valence-electron chi connectivity index (χ2n) is 4.84. The van der Waals surface area contributed by atoms with E-state index in [0.717, 1.165) is 38.3 Å². The second-order valence-corrected chi connectivity index (χ2v) is 4.84. The van der Waals surface area contributed by atoms with Crippen molar-refractivity contribution in [2.24, 2.45) is 0 Å². The molecule has 3 nitrogen and oxygen atoms in total. The molecule has 2 atom stereocenters. The third-order valence-corrected chi connectivity index (χ3v) is 3.60. The smallest absolute Gasteiger partial charge is 0.122 e. The summed E-state index contributed by atoms with van der Waals surface area (Å²) in [6.45, 7) is 4.79. The lowest BCUT2D eigenvalue weighted by Crippen LogP contribution is -2.36.